The molecule has 0 radical (unpaired) electrons. The van der Waals surface area contributed by atoms with Gasteiger partial charge in [-0.1, -0.05) is 0 Å². The second-order valence-corrected chi connectivity index (χ2v) is 3.94. The highest BCUT2D eigenvalue weighted by atomic mass is 19.4. The Morgan fingerprint density at radius 1 is 1.09 bits per heavy atom. The summed E-state index contributed by atoms with van der Waals surface area (Å²) in [6.45, 7) is -1.55. The van der Waals surface area contributed by atoms with Crippen LogP contribution in [-0.4, -0.2) is 12.8 Å². The van der Waals surface area contributed by atoms with Crippen LogP contribution in [0.5, 0.6) is 5.75 Å². The van der Waals surface area contributed by atoms with E-state index >= 15 is 0 Å². The molecule has 0 spiro atoms. The minimum atomic E-state index is -4.55. The van der Waals surface area contributed by atoms with E-state index in [4.69, 9.17) is 21.0 Å². The van der Waals surface area contributed by atoms with Gasteiger partial charge in [0.2, 0.25) is 0 Å². The molecular formula is C14H6F3N5O. The Balaban J connectivity index is 3.09. The SMILES string of the molecule is N#CC(C#N)=C(C#N)Nc1ccc(OCC(F)(F)F)c(C#N)c1. The highest BCUT2D eigenvalue weighted by Crippen LogP contribution is 2.25. The van der Waals surface area contributed by atoms with Gasteiger partial charge < -0.3 is 10.1 Å². The smallest absolute Gasteiger partial charge is 0.422 e. The number of hydrogen-bond donors (Lipinski definition) is 1. The van der Waals surface area contributed by atoms with Gasteiger partial charge in [-0.3, -0.25) is 0 Å². The second kappa shape index (κ2) is 7.36. The molecule has 1 aromatic rings. The molecular weight excluding hydrogens is 311 g/mol. The molecule has 0 aliphatic heterocycles. The first-order valence-corrected chi connectivity index (χ1v) is 5.80. The first-order valence-electron chi connectivity index (χ1n) is 5.80. The van der Waals surface area contributed by atoms with Gasteiger partial charge in [0.1, 0.15) is 35.7 Å². The average molecular weight is 317 g/mol. The number of rotatable bonds is 4. The lowest BCUT2D eigenvalue weighted by Crippen LogP contribution is -2.19. The van der Waals surface area contributed by atoms with E-state index in [1.807, 2.05) is 0 Å². The van der Waals surface area contributed by atoms with Crippen LogP contribution in [0.1, 0.15) is 5.56 Å². The second-order valence-electron chi connectivity index (χ2n) is 3.94. The van der Waals surface area contributed by atoms with Crippen molar-refractivity contribution in [2.24, 2.45) is 0 Å². The molecule has 23 heavy (non-hydrogen) atoms. The largest absolute Gasteiger partial charge is 0.483 e. The van der Waals surface area contributed by atoms with E-state index in [0.717, 1.165) is 12.1 Å². The van der Waals surface area contributed by atoms with Crippen LogP contribution in [-0.2, 0) is 0 Å². The Morgan fingerprint density at radius 2 is 1.74 bits per heavy atom. The summed E-state index contributed by atoms with van der Waals surface area (Å²) < 4.78 is 40.9. The molecule has 1 rings (SSSR count). The standard InChI is InChI=1S/C14H6F3N5O/c15-14(16,17)8-23-13-2-1-11(3-9(13)4-18)22-12(7-21)10(5-19)6-20/h1-3,22H,8H2. The van der Waals surface area contributed by atoms with Crippen molar-refractivity contribution in [3.05, 3.63) is 35.0 Å². The topological polar surface area (TPSA) is 116 Å². The van der Waals surface area contributed by atoms with E-state index in [9.17, 15) is 13.2 Å². The average Bonchev–Trinajstić information content (AvgIpc) is 2.52. The van der Waals surface area contributed by atoms with Crippen molar-refractivity contribution in [3.63, 3.8) is 0 Å². The molecule has 9 heteroatoms. The van der Waals surface area contributed by atoms with E-state index < -0.39 is 18.4 Å². The van der Waals surface area contributed by atoms with Crippen LogP contribution in [0.2, 0.25) is 0 Å². The molecule has 0 unspecified atom stereocenters. The predicted molar refractivity (Wildman–Crippen MR) is 70.2 cm³/mol. The van der Waals surface area contributed by atoms with Gasteiger partial charge in [0.15, 0.2) is 12.2 Å². The summed E-state index contributed by atoms with van der Waals surface area (Å²) in [5.41, 5.74) is -0.876. The molecule has 1 aromatic carbocycles. The van der Waals surface area contributed by atoms with E-state index in [2.05, 4.69) is 10.1 Å². The van der Waals surface area contributed by atoms with Crippen LogP contribution in [0.25, 0.3) is 0 Å². The zero-order valence-corrected chi connectivity index (χ0v) is 11.3. The van der Waals surface area contributed by atoms with E-state index in [-0.39, 0.29) is 22.7 Å². The van der Waals surface area contributed by atoms with Crippen LogP contribution in [0.4, 0.5) is 18.9 Å². The third-order valence-corrected chi connectivity index (χ3v) is 2.35. The van der Waals surface area contributed by atoms with Crippen molar-refractivity contribution < 1.29 is 17.9 Å². The molecule has 0 amide bonds. The molecule has 1 N–H and O–H groups in total. The number of hydrogen-bond acceptors (Lipinski definition) is 6. The minimum Gasteiger partial charge on any atom is -0.483 e. The third kappa shape index (κ3) is 4.97. The highest BCUT2D eigenvalue weighted by molar-refractivity contribution is 5.62. The van der Waals surface area contributed by atoms with Crippen LogP contribution < -0.4 is 10.1 Å². The summed E-state index contributed by atoms with van der Waals surface area (Å²) in [6.07, 6.45) is -4.55. The fraction of sp³-hybridized carbons (Fsp3) is 0.143. The molecule has 0 heterocycles. The highest BCUT2D eigenvalue weighted by Gasteiger charge is 2.28. The molecule has 0 saturated heterocycles. The molecule has 114 valence electrons. The lowest BCUT2D eigenvalue weighted by Gasteiger charge is -2.12. The summed E-state index contributed by atoms with van der Waals surface area (Å²) in [5, 5.41) is 37.7. The number of anilines is 1. The lowest BCUT2D eigenvalue weighted by atomic mass is 10.1. The Morgan fingerprint density at radius 3 is 2.22 bits per heavy atom. The minimum absolute atomic E-state index is 0.139. The zero-order chi connectivity index (χ0) is 17.5. The first-order chi connectivity index (χ1) is 10.8. The molecule has 0 aliphatic carbocycles. The summed E-state index contributed by atoms with van der Waals surface area (Å²) in [6, 6.07) is 9.80. The fourth-order valence-electron chi connectivity index (χ4n) is 1.41. The number of nitrogens with one attached hydrogen (secondary N) is 1. The number of allylic oxidation sites excluding steroid dienone is 2. The maximum absolute atomic E-state index is 12.1. The fourth-order valence-corrected chi connectivity index (χ4v) is 1.41. The van der Waals surface area contributed by atoms with Gasteiger partial charge in [-0.15, -0.1) is 0 Å². The maximum Gasteiger partial charge on any atom is 0.422 e. The summed E-state index contributed by atoms with van der Waals surface area (Å²) in [4.78, 5) is 0. The predicted octanol–water partition coefficient (Wildman–Crippen LogP) is 2.74. The van der Waals surface area contributed by atoms with Gasteiger partial charge in [0, 0.05) is 5.69 Å². The lowest BCUT2D eigenvalue weighted by molar-refractivity contribution is -0.153. The van der Waals surface area contributed by atoms with Crippen molar-refractivity contribution in [3.8, 4) is 30.0 Å². The third-order valence-electron chi connectivity index (χ3n) is 2.35. The number of nitrogens with zero attached hydrogens (tertiary/aromatic N) is 4. The molecule has 0 saturated carbocycles. The van der Waals surface area contributed by atoms with Crippen LogP contribution in [0.3, 0.4) is 0 Å². The number of nitriles is 4. The number of halogens is 3. The quantitative estimate of drug-likeness (QED) is 0.853. The molecule has 0 fully saturated rings. The van der Waals surface area contributed by atoms with E-state index in [1.54, 1.807) is 12.1 Å². The van der Waals surface area contributed by atoms with E-state index in [0.29, 0.717) is 0 Å². The maximum atomic E-state index is 12.1. The van der Waals surface area contributed by atoms with Gasteiger partial charge in [0.25, 0.3) is 0 Å². The van der Waals surface area contributed by atoms with Crippen molar-refractivity contribution in [2.45, 2.75) is 6.18 Å². The monoisotopic (exact) mass is 317 g/mol. The van der Waals surface area contributed by atoms with Gasteiger partial charge in [-0.05, 0) is 18.2 Å². The van der Waals surface area contributed by atoms with Gasteiger partial charge >= 0.3 is 6.18 Å². The molecule has 0 aliphatic rings. The first kappa shape index (κ1) is 17.4. The Hall–Kier alpha value is -3.69. The van der Waals surface area contributed by atoms with Crippen LogP contribution in [0.15, 0.2) is 29.5 Å². The zero-order valence-electron chi connectivity index (χ0n) is 11.3. The number of ether oxygens (including phenoxy) is 1. The normalized spacial score (nSPS) is 9.52. The molecule has 0 bridgehead atoms. The molecule has 0 aromatic heterocycles. The van der Waals surface area contributed by atoms with Crippen molar-refractivity contribution >= 4 is 5.69 Å². The van der Waals surface area contributed by atoms with E-state index in [1.165, 1.54) is 18.2 Å². The molecule has 0 atom stereocenters. The van der Waals surface area contributed by atoms with Gasteiger partial charge in [-0.25, -0.2) is 0 Å². The van der Waals surface area contributed by atoms with Crippen molar-refractivity contribution in [1.29, 1.82) is 21.0 Å². The number of alkyl halides is 3. The van der Waals surface area contributed by atoms with Crippen LogP contribution >= 0.6 is 0 Å². The summed E-state index contributed by atoms with van der Waals surface area (Å²) >= 11 is 0. The molecule has 6 nitrogen and oxygen atoms in total. The van der Waals surface area contributed by atoms with Crippen molar-refractivity contribution in [2.75, 3.05) is 11.9 Å². The number of benzene rings is 1. The Kier molecular flexibility index (Phi) is 5.55. The van der Waals surface area contributed by atoms with Crippen molar-refractivity contribution in [1.82, 2.24) is 0 Å². The van der Waals surface area contributed by atoms with Crippen LogP contribution in [0, 0.1) is 45.3 Å². The summed E-state index contributed by atoms with van der Waals surface area (Å²) in [5.74, 6) is -0.279. The van der Waals surface area contributed by atoms with Gasteiger partial charge in [-0.2, -0.15) is 34.2 Å². The van der Waals surface area contributed by atoms with Gasteiger partial charge in [0.05, 0.1) is 5.56 Å². The Bertz CT molecular complexity index is 784. The Labute approximate surface area is 128 Å². The summed E-state index contributed by atoms with van der Waals surface area (Å²) in [7, 11) is 0.